The monoisotopic (exact) mass is 405 g/mol. The quantitative estimate of drug-likeness (QED) is 0.244. The number of carbonyl (C=O) groups excluding carboxylic acids is 2. The van der Waals surface area contributed by atoms with E-state index in [2.05, 4.69) is 11.6 Å². The van der Waals surface area contributed by atoms with Gasteiger partial charge in [-0.3, -0.25) is 4.79 Å². The molecule has 0 unspecified atom stereocenters. The molecule has 1 heterocycles. The second-order valence-corrected chi connectivity index (χ2v) is 6.53. The average Bonchev–Trinajstić information content (AvgIpc) is 3.20. The lowest BCUT2D eigenvalue weighted by molar-refractivity contribution is -0.140. The fourth-order valence-electron chi connectivity index (χ4n) is 2.98. The number of ether oxygens (including phenoxy) is 3. The summed E-state index contributed by atoms with van der Waals surface area (Å²) in [6, 6.07) is 12.7. The molecule has 1 aromatic heterocycles. The molecule has 0 aliphatic carbocycles. The molecule has 3 rings (SSSR count). The van der Waals surface area contributed by atoms with Crippen molar-refractivity contribution in [3.8, 4) is 11.5 Å². The molecule has 0 fully saturated rings. The Morgan fingerprint density at radius 2 is 1.97 bits per heavy atom. The van der Waals surface area contributed by atoms with Crippen LogP contribution in [0.15, 0.2) is 67.4 Å². The van der Waals surface area contributed by atoms with Gasteiger partial charge in [-0.2, -0.15) is 0 Å². The Balaban J connectivity index is 1.65. The number of esters is 1. The van der Waals surface area contributed by atoms with Gasteiger partial charge < -0.3 is 19.2 Å². The molecule has 6 nitrogen and oxygen atoms in total. The summed E-state index contributed by atoms with van der Waals surface area (Å²) in [5.74, 6) is 0.242. The van der Waals surface area contributed by atoms with E-state index in [-0.39, 0.29) is 5.78 Å². The van der Waals surface area contributed by atoms with Crippen molar-refractivity contribution in [1.29, 1.82) is 0 Å². The Kier molecular flexibility index (Phi) is 6.70. The Labute approximate surface area is 174 Å². The van der Waals surface area contributed by atoms with Gasteiger partial charge in [-0.15, -0.1) is 0 Å². The van der Waals surface area contributed by atoms with Crippen molar-refractivity contribution in [3.63, 3.8) is 0 Å². The maximum Gasteiger partial charge on any atom is 0.331 e. The van der Waals surface area contributed by atoms with Crippen LogP contribution in [0.4, 0.5) is 0 Å². The van der Waals surface area contributed by atoms with Crippen LogP contribution in [0.1, 0.15) is 22.8 Å². The van der Waals surface area contributed by atoms with Crippen LogP contribution in [0.5, 0.6) is 11.5 Å². The Hall–Kier alpha value is -3.80. The lowest BCUT2D eigenvalue weighted by Crippen LogP contribution is -2.23. The highest BCUT2D eigenvalue weighted by atomic mass is 16.5. The summed E-state index contributed by atoms with van der Waals surface area (Å²) in [6.07, 6.45) is 5.23. The van der Waals surface area contributed by atoms with Crippen LogP contribution in [0.3, 0.4) is 0 Å². The molecular formula is C24H23NO5. The number of ketones is 1. The van der Waals surface area contributed by atoms with Crippen LogP contribution >= 0.6 is 0 Å². The third-order valence-electron chi connectivity index (χ3n) is 4.47. The molecule has 0 aliphatic rings. The number of aromatic nitrogens is 1. The van der Waals surface area contributed by atoms with Gasteiger partial charge in [-0.25, -0.2) is 4.79 Å². The molecule has 0 saturated carbocycles. The van der Waals surface area contributed by atoms with Gasteiger partial charge in [0.25, 0.3) is 0 Å². The molecule has 0 amide bonds. The van der Waals surface area contributed by atoms with Gasteiger partial charge in [-0.05, 0) is 36.8 Å². The first-order valence-corrected chi connectivity index (χ1v) is 9.44. The number of carbonyl (C=O) groups is 2. The fraction of sp³-hybridized carbons (Fsp3) is 0.167. The average molecular weight is 405 g/mol. The minimum absolute atomic E-state index is 0.264. The molecule has 6 heteroatoms. The predicted octanol–water partition coefficient (Wildman–Crippen LogP) is 4.57. The number of methoxy groups -OCH3 is 1. The molecular weight excluding hydrogens is 382 g/mol. The van der Waals surface area contributed by atoms with E-state index < -0.39 is 12.1 Å². The number of hydrogen-bond acceptors (Lipinski definition) is 5. The number of benzene rings is 2. The number of aromatic amines is 1. The van der Waals surface area contributed by atoms with Crippen LogP contribution in [-0.2, 0) is 9.53 Å². The summed E-state index contributed by atoms with van der Waals surface area (Å²) in [4.78, 5) is 27.9. The molecule has 1 atom stereocenters. The summed E-state index contributed by atoms with van der Waals surface area (Å²) < 4.78 is 16.1. The molecule has 1 N–H and O–H groups in total. The third-order valence-corrected chi connectivity index (χ3v) is 4.47. The van der Waals surface area contributed by atoms with Crippen molar-refractivity contribution in [2.24, 2.45) is 0 Å². The third kappa shape index (κ3) is 4.78. The van der Waals surface area contributed by atoms with Crippen LogP contribution in [0, 0.1) is 0 Å². The van der Waals surface area contributed by atoms with Gasteiger partial charge in [0.1, 0.15) is 6.61 Å². The number of rotatable bonds is 9. The van der Waals surface area contributed by atoms with E-state index in [9.17, 15) is 9.59 Å². The van der Waals surface area contributed by atoms with E-state index in [1.165, 1.54) is 13.2 Å². The zero-order chi connectivity index (χ0) is 21.5. The minimum Gasteiger partial charge on any atom is -0.493 e. The highest BCUT2D eigenvalue weighted by molar-refractivity contribution is 6.10. The maximum atomic E-state index is 12.7. The zero-order valence-electron chi connectivity index (χ0n) is 16.9. The topological polar surface area (TPSA) is 77.6 Å². The van der Waals surface area contributed by atoms with Gasteiger partial charge >= 0.3 is 5.97 Å². The largest absolute Gasteiger partial charge is 0.493 e. The van der Waals surface area contributed by atoms with Crippen molar-refractivity contribution >= 4 is 28.7 Å². The lowest BCUT2D eigenvalue weighted by Gasteiger charge is -2.11. The summed E-state index contributed by atoms with van der Waals surface area (Å²) in [7, 11) is 1.54. The normalized spacial score (nSPS) is 11.9. The lowest BCUT2D eigenvalue weighted by atomic mass is 10.1. The van der Waals surface area contributed by atoms with Crippen LogP contribution < -0.4 is 9.47 Å². The Morgan fingerprint density at radius 3 is 2.73 bits per heavy atom. The van der Waals surface area contributed by atoms with E-state index >= 15 is 0 Å². The van der Waals surface area contributed by atoms with Crippen molar-refractivity contribution in [2.75, 3.05) is 13.7 Å². The van der Waals surface area contributed by atoms with E-state index in [0.29, 0.717) is 23.7 Å². The van der Waals surface area contributed by atoms with Gasteiger partial charge in [0.15, 0.2) is 17.6 Å². The van der Waals surface area contributed by atoms with E-state index in [0.717, 1.165) is 16.5 Å². The molecule has 30 heavy (non-hydrogen) atoms. The SMILES string of the molecule is C=CCOc1ccc(/C=C/C(=O)O[C@@H](C)C(=O)c2c[nH]c3ccccc23)cc1OC. The Morgan fingerprint density at radius 1 is 1.17 bits per heavy atom. The van der Waals surface area contributed by atoms with Crippen molar-refractivity contribution in [3.05, 3.63) is 78.5 Å². The molecule has 0 radical (unpaired) electrons. The number of para-hydroxylation sites is 1. The standard InChI is InChI=1S/C24H23NO5/c1-4-13-29-21-11-9-17(14-22(21)28-3)10-12-23(26)30-16(2)24(27)19-15-25-20-8-6-5-7-18(19)20/h4-12,14-16,25H,1,13H2,2-3H3/b12-10+/t16-/m0/s1. The number of Topliss-reactive ketones (excluding diaryl/α,β-unsaturated/α-hetero) is 1. The van der Waals surface area contributed by atoms with E-state index in [1.807, 2.05) is 24.3 Å². The molecule has 154 valence electrons. The van der Waals surface area contributed by atoms with Crippen LogP contribution in [-0.4, -0.2) is 36.6 Å². The Bertz CT molecular complexity index is 1100. The molecule has 0 spiro atoms. The summed E-state index contributed by atoms with van der Waals surface area (Å²) >= 11 is 0. The predicted molar refractivity (Wildman–Crippen MR) is 116 cm³/mol. The molecule has 3 aromatic rings. The van der Waals surface area contributed by atoms with Gasteiger partial charge in [0.2, 0.25) is 5.78 Å². The zero-order valence-corrected chi connectivity index (χ0v) is 16.9. The van der Waals surface area contributed by atoms with E-state index in [4.69, 9.17) is 14.2 Å². The van der Waals surface area contributed by atoms with Gasteiger partial charge in [0, 0.05) is 28.7 Å². The van der Waals surface area contributed by atoms with Crippen molar-refractivity contribution in [1.82, 2.24) is 4.98 Å². The first-order valence-electron chi connectivity index (χ1n) is 9.44. The van der Waals surface area contributed by atoms with Crippen LogP contribution in [0.25, 0.3) is 17.0 Å². The smallest absolute Gasteiger partial charge is 0.331 e. The minimum atomic E-state index is -0.912. The summed E-state index contributed by atoms with van der Waals surface area (Å²) in [5.41, 5.74) is 2.08. The fourth-order valence-corrected chi connectivity index (χ4v) is 2.98. The molecule has 2 aromatic carbocycles. The van der Waals surface area contributed by atoms with Crippen LogP contribution in [0.2, 0.25) is 0 Å². The summed E-state index contributed by atoms with van der Waals surface area (Å²) in [6.45, 7) is 5.53. The highest BCUT2D eigenvalue weighted by Gasteiger charge is 2.21. The highest BCUT2D eigenvalue weighted by Crippen LogP contribution is 2.28. The molecule has 0 bridgehead atoms. The second-order valence-electron chi connectivity index (χ2n) is 6.53. The molecule has 0 aliphatic heterocycles. The van der Waals surface area contributed by atoms with Gasteiger partial charge in [-0.1, -0.05) is 36.9 Å². The molecule has 0 saturated heterocycles. The number of hydrogen-bond donors (Lipinski definition) is 1. The first-order chi connectivity index (χ1) is 14.5. The summed E-state index contributed by atoms with van der Waals surface area (Å²) in [5, 5.41) is 0.798. The number of fused-ring (bicyclic) bond motifs is 1. The number of H-pyrrole nitrogens is 1. The van der Waals surface area contributed by atoms with Crippen molar-refractivity contribution in [2.45, 2.75) is 13.0 Å². The van der Waals surface area contributed by atoms with E-state index in [1.54, 1.807) is 43.5 Å². The van der Waals surface area contributed by atoms with Crippen molar-refractivity contribution < 1.29 is 23.8 Å². The maximum absolute atomic E-state index is 12.7. The first kappa shape index (κ1) is 20.9. The van der Waals surface area contributed by atoms with Gasteiger partial charge in [0.05, 0.1) is 7.11 Å². The number of nitrogens with one attached hydrogen (secondary N) is 1. The second kappa shape index (κ2) is 9.60.